The van der Waals surface area contributed by atoms with E-state index in [2.05, 4.69) is 0 Å². The van der Waals surface area contributed by atoms with Crippen LogP contribution in [0.1, 0.15) is 10.4 Å². The Labute approximate surface area is 131 Å². The maximum atomic E-state index is 11.5. The Morgan fingerprint density at radius 3 is 2.41 bits per heavy atom. The number of carboxylic acid groups (broad SMARTS) is 1. The summed E-state index contributed by atoms with van der Waals surface area (Å²) in [5.41, 5.74) is -0.270. The normalized spacial score (nSPS) is 10.6. The average molecular weight is 315 g/mol. The van der Waals surface area contributed by atoms with Crippen LogP contribution in [-0.4, -0.2) is 16.2 Å². The number of aromatic carboxylic acids is 1. The third-order valence-electron chi connectivity index (χ3n) is 3.23. The molecule has 3 aromatic rings. The number of carbonyl (C=O) groups is 1. The summed E-state index contributed by atoms with van der Waals surface area (Å²) in [6.45, 7) is 0. The minimum atomic E-state index is -1.26. The van der Waals surface area contributed by atoms with Crippen LogP contribution in [0.15, 0.2) is 54.6 Å². The van der Waals surface area contributed by atoms with Crippen molar-refractivity contribution >= 4 is 28.3 Å². The Kier molecular flexibility index (Phi) is 3.61. The van der Waals surface area contributed by atoms with Crippen molar-refractivity contribution in [3.8, 4) is 17.2 Å². The number of fused-ring (bicyclic) bond motifs is 1. The number of rotatable bonds is 3. The van der Waals surface area contributed by atoms with Crippen LogP contribution in [0.2, 0.25) is 5.02 Å². The Morgan fingerprint density at radius 1 is 1.05 bits per heavy atom. The Morgan fingerprint density at radius 2 is 1.73 bits per heavy atom. The molecule has 3 aromatic carbocycles. The second-order valence-corrected chi connectivity index (χ2v) is 5.12. The molecule has 0 bridgehead atoms. The standard InChI is InChI=1S/C17H11ClO4/c18-11-5-7-12(8-6-11)22-16-13-4-2-1-3-10(13)9-14(19)15(16)17(20)21/h1-9,19H,(H,20,21). The molecule has 0 fully saturated rings. The van der Waals surface area contributed by atoms with Gasteiger partial charge in [-0.1, -0.05) is 35.9 Å². The smallest absolute Gasteiger partial charge is 0.343 e. The second kappa shape index (κ2) is 5.58. The number of carboxylic acids is 1. The lowest BCUT2D eigenvalue weighted by molar-refractivity contribution is 0.0691. The van der Waals surface area contributed by atoms with Crippen LogP contribution in [0.5, 0.6) is 17.2 Å². The van der Waals surface area contributed by atoms with Crippen molar-refractivity contribution in [3.05, 3.63) is 65.2 Å². The third kappa shape index (κ3) is 2.56. The maximum Gasteiger partial charge on any atom is 0.343 e. The molecule has 3 rings (SSSR count). The van der Waals surface area contributed by atoms with E-state index in [1.165, 1.54) is 6.07 Å². The molecule has 0 heterocycles. The Balaban J connectivity index is 2.22. The molecule has 0 saturated heterocycles. The summed E-state index contributed by atoms with van der Waals surface area (Å²) in [6, 6.07) is 15.0. The maximum absolute atomic E-state index is 11.5. The lowest BCUT2D eigenvalue weighted by atomic mass is 10.0. The van der Waals surface area contributed by atoms with E-state index >= 15 is 0 Å². The first-order valence-electron chi connectivity index (χ1n) is 6.47. The minimum absolute atomic E-state index is 0.102. The van der Waals surface area contributed by atoms with Crippen LogP contribution >= 0.6 is 11.6 Å². The van der Waals surface area contributed by atoms with E-state index in [1.54, 1.807) is 48.5 Å². The molecular formula is C17H11ClO4. The average Bonchev–Trinajstić information content (AvgIpc) is 2.49. The number of halogens is 1. The largest absolute Gasteiger partial charge is 0.507 e. The molecular weight excluding hydrogens is 304 g/mol. The molecule has 0 aromatic heterocycles. The molecule has 0 radical (unpaired) electrons. The van der Waals surface area contributed by atoms with Crippen molar-refractivity contribution in [1.82, 2.24) is 0 Å². The quantitative estimate of drug-likeness (QED) is 0.736. The van der Waals surface area contributed by atoms with E-state index < -0.39 is 5.97 Å². The van der Waals surface area contributed by atoms with Crippen LogP contribution < -0.4 is 4.74 Å². The molecule has 5 heteroatoms. The van der Waals surface area contributed by atoms with E-state index in [9.17, 15) is 15.0 Å². The monoisotopic (exact) mass is 314 g/mol. The summed E-state index contributed by atoms with van der Waals surface area (Å²) in [5.74, 6) is -1.06. The minimum Gasteiger partial charge on any atom is -0.507 e. The fraction of sp³-hybridized carbons (Fsp3) is 0. The summed E-state index contributed by atoms with van der Waals surface area (Å²) < 4.78 is 5.72. The Bertz CT molecular complexity index is 856. The SMILES string of the molecule is O=C(O)c1c(O)cc2ccccc2c1Oc1ccc(Cl)cc1. The molecule has 0 aliphatic carbocycles. The number of aromatic hydroxyl groups is 1. The first kappa shape index (κ1) is 14.2. The fourth-order valence-electron chi connectivity index (χ4n) is 2.23. The van der Waals surface area contributed by atoms with Gasteiger partial charge in [0.05, 0.1) is 0 Å². The van der Waals surface area contributed by atoms with Crippen LogP contribution in [0.25, 0.3) is 10.8 Å². The van der Waals surface area contributed by atoms with E-state index in [-0.39, 0.29) is 17.1 Å². The van der Waals surface area contributed by atoms with Crippen LogP contribution in [0, 0.1) is 0 Å². The second-order valence-electron chi connectivity index (χ2n) is 4.68. The van der Waals surface area contributed by atoms with Crippen molar-refractivity contribution in [2.24, 2.45) is 0 Å². The number of hydrogen-bond donors (Lipinski definition) is 2. The molecule has 2 N–H and O–H groups in total. The van der Waals surface area contributed by atoms with Crippen molar-refractivity contribution in [2.45, 2.75) is 0 Å². The van der Waals surface area contributed by atoms with Crippen molar-refractivity contribution in [3.63, 3.8) is 0 Å². The fourth-order valence-corrected chi connectivity index (χ4v) is 2.36. The van der Waals surface area contributed by atoms with Gasteiger partial charge in [-0.15, -0.1) is 0 Å². The number of ether oxygens (including phenoxy) is 1. The van der Waals surface area contributed by atoms with Gasteiger partial charge < -0.3 is 14.9 Å². The van der Waals surface area contributed by atoms with Crippen LogP contribution in [0.3, 0.4) is 0 Å². The number of phenols is 1. The third-order valence-corrected chi connectivity index (χ3v) is 3.48. The molecule has 22 heavy (non-hydrogen) atoms. The van der Waals surface area contributed by atoms with Crippen molar-refractivity contribution in [1.29, 1.82) is 0 Å². The first-order chi connectivity index (χ1) is 10.6. The van der Waals surface area contributed by atoms with Gasteiger partial charge in [0.2, 0.25) is 0 Å². The van der Waals surface area contributed by atoms with Gasteiger partial charge in [0.1, 0.15) is 17.1 Å². The summed E-state index contributed by atoms with van der Waals surface area (Å²) in [4.78, 5) is 11.5. The highest BCUT2D eigenvalue weighted by molar-refractivity contribution is 6.30. The lowest BCUT2D eigenvalue weighted by Gasteiger charge is -2.13. The molecule has 110 valence electrons. The molecule has 0 unspecified atom stereocenters. The van der Waals surface area contributed by atoms with Gasteiger partial charge in [0, 0.05) is 10.4 Å². The zero-order valence-corrected chi connectivity index (χ0v) is 12.0. The topological polar surface area (TPSA) is 66.8 Å². The molecule has 0 atom stereocenters. The van der Waals surface area contributed by atoms with E-state index in [0.29, 0.717) is 21.5 Å². The predicted molar refractivity (Wildman–Crippen MR) is 84.1 cm³/mol. The Hall–Kier alpha value is -2.72. The molecule has 0 saturated carbocycles. The first-order valence-corrected chi connectivity index (χ1v) is 6.85. The zero-order chi connectivity index (χ0) is 15.7. The van der Waals surface area contributed by atoms with Gasteiger partial charge in [0.25, 0.3) is 0 Å². The van der Waals surface area contributed by atoms with Gasteiger partial charge >= 0.3 is 5.97 Å². The van der Waals surface area contributed by atoms with Gasteiger partial charge in [-0.25, -0.2) is 4.79 Å². The molecule has 0 amide bonds. The van der Waals surface area contributed by atoms with Gasteiger partial charge in [-0.2, -0.15) is 0 Å². The summed E-state index contributed by atoms with van der Waals surface area (Å²) in [6.07, 6.45) is 0. The number of benzene rings is 3. The van der Waals surface area contributed by atoms with E-state index in [0.717, 1.165) is 0 Å². The van der Waals surface area contributed by atoms with Crippen LogP contribution in [0.4, 0.5) is 0 Å². The van der Waals surface area contributed by atoms with Gasteiger partial charge in [-0.3, -0.25) is 0 Å². The summed E-state index contributed by atoms with van der Waals surface area (Å²) >= 11 is 5.83. The van der Waals surface area contributed by atoms with Gasteiger partial charge in [0.15, 0.2) is 5.75 Å². The highest BCUT2D eigenvalue weighted by Gasteiger charge is 2.21. The lowest BCUT2D eigenvalue weighted by Crippen LogP contribution is -2.01. The molecule has 4 nitrogen and oxygen atoms in total. The summed E-state index contributed by atoms with van der Waals surface area (Å²) in [7, 11) is 0. The van der Waals surface area contributed by atoms with E-state index in [1.807, 2.05) is 0 Å². The molecule has 0 spiro atoms. The zero-order valence-electron chi connectivity index (χ0n) is 11.3. The van der Waals surface area contributed by atoms with Crippen LogP contribution in [-0.2, 0) is 0 Å². The highest BCUT2D eigenvalue weighted by Crippen LogP contribution is 2.39. The number of hydrogen-bond acceptors (Lipinski definition) is 3. The molecule has 0 aliphatic rings. The molecule has 0 aliphatic heterocycles. The van der Waals surface area contributed by atoms with E-state index in [4.69, 9.17) is 16.3 Å². The summed E-state index contributed by atoms with van der Waals surface area (Å²) in [5, 5.41) is 21.2. The highest BCUT2D eigenvalue weighted by atomic mass is 35.5. The van der Waals surface area contributed by atoms with Gasteiger partial charge in [-0.05, 0) is 35.7 Å². The van der Waals surface area contributed by atoms with Crippen molar-refractivity contribution in [2.75, 3.05) is 0 Å². The van der Waals surface area contributed by atoms with Crippen molar-refractivity contribution < 1.29 is 19.7 Å². The predicted octanol–water partition coefficient (Wildman–Crippen LogP) is 4.69.